The van der Waals surface area contributed by atoms with E-state index in [1.165, 1.54) is 0 Å². The highest BCUT2D eigenvalue weighted by Crippen LogP contribution is 2.40. The summed E-state index contributed by atoms with van der Waals surface area (Å²) in [5.41, 5.74) is 1.94. The van der Waals surface area contributed by atoms with Gasteiger partial charge in [-0.15, -0.1) is 0 Å². The van der Waals surface area contributed by atoms with Crippen LogP contribution in [0.1, 0.15) is 24.8 Å². The predicted molar refractivity (Wildman–Crippen MR) is 73.6 cm³/mol. The average molecular weight is 316 g/mol. The van der Waals surface area contributed by atoms with Crippen molar-refractivity contribution in [2.75, 3.05) is 7.11 Å². The van der Waals surface area contributed by atoms with Crippen LogP contribution >= 0.6 is 27.5 Å². The van der Waals surface area contributed by atoms with Gasteiger partial charge in [-0.05, 0) is 28.3 Å². The number of aromatic nitrogens is 1. The molecule has 0 amide bonds. The normalized spacial score (nSPS) is 22.1. The summed E-state index contributed by atoms with van der Waals surface area (Å²) < 4.78 is 6.07. The summed E-state index contributed by atoms with van der Waals surface area (Å²) in [6.07, 6.45) is 6.19. The first-order valence-electron chi connectivity index (χ1n) is 5.25. The van der Waals surface area contributed by atoms with Crippen molar-refractivity contribution in [3.63, 3.8) is 0 Å². The topological polar surface area (TPSA) is 34.5 Å². The number of hydrogen-bond acceptors (Lipinski definition) is 3. The summed E-state index contributed by atoms with van der Waals surface area (Å²) in [5.74, 6) is 0.893. The summed E-state index contributed by atoms with van der Waals surface area (Å²) in [6, 6.07) is 0. The van der Waals surface area contributed by atoms with Gasteiger partial charge in [-0.2, -0.15) is 0 Å². The van der Waals surface area contributed by atoms with Gasteiger partial charge in [0.1, 0.15) is 0 Å². The predicted octanol–water partition coefficient (Wildman–Crippen LogP) is 4.18. The number of aliphatic imine (C=N–C) groups is 1. The van der Waals surface area contributed by atoms with E-state index in [1.807, 2.05) is 6.08 Å². The van der Waals surface area contributed by atoms with Crippen LogP contribution in [0.2, 0.25) is 0 Å². The van der Waals surface area contributed by atoms with E-state index in [-0.39, 0.29) is 0 Å². The minimum Gasteiger partial charge on any atom is -0.480 e. The molecule has 0 spiro atoms. The molecule has 0 aromatic carbocycles. The zero-order valence-corrected chi connectivity index (χ0v) is 11.9. The van der Waals surface area contributed by atoms with E-state index >= 15 is 0 Å². The van der Waals surface area contributed by atoms with E-state index in [0.29, 0.717) is 16.8 Å². The van der Waals surface area contributed by atoms with Gasteiger partial charge in [-0.1, -0.05) is 24.6 Å². The number of rotatable bonds is 1. The third kappa shape index (κ3) is 2.53. The van der Waals surface area contributed by atoms with Crippen molar-refractivity contribution >= 4 is 39.4 Å². The average Bonchev–Trinajstić information content (AvgIpc) is 2.31. The Morgan fingerprint density at radius 3 is 3.00 bits per heavy atom. The van der Waals surface area contributed by atoms with Crippen molar-refractivity contribution in [3.8, 4) is 5.88 Å². The summed E-state index contributed by atoms with van der Waals surface area (Å²) in [4.78, 5) is 8.54. The van der Waals surface area contributed by atoms with Crippen molar-refractivity contribution in [1.29, 1.82) is 0 Å². The monoisotopic (exact) mass is 314 g/mol. The molecule has 0 bridgehead atoms. The Balaban J connectivity index is 2.58. The van der Waals surface area contributed by atoms with E-state index in [2.05, 4.69) is 32.8 Å². The van der Waals surface area contributed by atoms with Gasteiger partial charge in [0.2, 0.25) is 5.88 Å². The van der Waals surface area contributed by atoms with E-state index in [4.69, 9.17) is 16.3 Å². The fraction of sp³-hybridized carbons (Fsp3) is 0.333. The van der Waals surface area contributed by atoms with Crippen LogP contribution in [0.5, 0.6) is 5.88 Å². The van der Waals surface area contributed by atoms with Crippen LogP contribution in [0.3, 0.4) is 0 Å². The zero-order valence-electron chi connectivity index (χ0n) is 9.58. The molecular formula is C12H12BrClN2O. The van der Waals surface area contributed by atoms with Gasteiger partial charge in [0.05, 0.1) is 28.5 Å². The van der Waals surface area contributed by atoms with Gasteiger partial charge in [-0.3, -0.25) is 4.99 Å². The summed E-state index contributed by atoms with van der Waals surface area (Å²) >= 11 is 9.51. The molecule has 1 aromatic rings. The number of allylic oxidation sites excluding steroid dienone is 2. The Hall–Kier alpha value is -0.870. The Morgan fingerprint density at radius 1 is 1.53 bits per heavy atom. The van der Waals surface area contributed by atoms with Crippen LogP contribution in [0.4, 0.5) is 5.69 Å². The number of ether oxygens (including phenoxy) is 1. The highest BCUT2D eigenvalue weighted by Gasteiger charge is 2.19. The second-order valence-corrected chi connectivity index (χ2v) is 5.09. The largest absolute Gasteiger partial charge is 0.480 e. The molecule has 0 N–H and O–H groups in total. The highest BCUT2D eigenvalue weighted by molar-refractivity contribution is 9.10. The second kappa shape index (κ2) is 5.19. The lowest BCUT2D eigenvalue weighted by Gasteiger charge is -2.17. The van der Waals surface area contributed by atoms with E-state index in [9.17, 15) is 0 Å². The molecule has 0 saturated heterocycles. The maximum atomic E-state index is 5.98. The highest BCUT2D eigenvalue weighted by atomic mass is 79.9. The molecule has 2 rings (SSSR count). The minimum atomic E-state index is 0.308. The first-order chi connectivity index (χ1) is 8.13. The number of fused-ring (bicyclic) bond motifs is 1. The van der Waals surface area contributed by atoms with E-state index in [1.54, 1.807) is 19.5 Å². The summed E-state index contributed by atoms with van der Waals surface area (Å²) in [5, 5.41) is 0.662. The van der Waals surface area contributed by atoms with Gasteiger partial charge in [0, 0.05) is 11.8 Å². The standard InChI is InChI=1S/C12H12BrClN2O/c1-7-3-4-8(14)5-15-9-6-16-12(17-2)11(13)10(7)9/h4-7H,3H2,1-2H3/b8-4-,15-5?. The number of pyridine rings is 1. The fourth-order valence-corrected chi connectivity index (χ4v) is 2.77. The van der Waals surface area contributed by atoms with Gasteiger partial charge >= 0.3 is 0 Å². The molecule has 0 fully saturated rings. The molecule has 17 heavy (non-hydrogen) atoms. The quantitative estimate of drug-likeness (QED) is 0.779. The summed E-state index contributed by atoms with van der Waals surface area (Å²) in [7, 11) is 1.60. The molecule has 1 atom stereocenters. The third-order valence-electron chi connectivity index (χ3n) is 2.68. The molecule has 0 saturated carbocycles. The van der Waals surface area contributed by atoms with Gasteiger partial charge in [-0.25, -0.2) is 4.98 Å². The van der Waals surface area contributed by atoms with Crippen LogP contribution in [-0.4, -0.2) is 18.3 Å². The summed E-state index contributed by atoms with van der Waals surface area (Å²) in [6.45, 7) is 2.13. The van der Waals surface area contributed by atoms with Crippen LogP contribution in [0, 0.1) is 0 Å². The van der Waals surface area contributed by atoms with Crippen LogP contribution in [-0.2, 0) is 0 Å². The molecule has 3 nitrogen and oxygen atoms in total. The van der Waals surface area contributed by atoms with E-state index in [0.717, 1.165) is 22.1 Å². The number of halogens is 2. The second-order valence-electron chi connectivity index (χ2n) is 3.86. The molecule has 1 aliphatic heterocycles. The van der Waals surface area contributed by atoms with Gasteiger partial charge < -0.3 is 4.74 Å². The number of hydrogen-bond donors (Lipinski definition) is 0. The lowest BCUT2D eigenvalue weighted by molar-refractivity contribution is 0.394. The molecule has 5 heteroatoms. The smallest absolute Gasteiger partial charge is 0.228 e. The number of nitrogens with zero attached hydrogens (tertiary/aromatic N) is 2. The third-order valence-corrected chi connectivity index (χ3v) is 3.70. The lowest BCUT2D eigenvalue weighted by atomic mass is 9.96. The molecule has 1 aromatic heterocycles. The minimum absolute atomic E-state index is 0.308. The first-order valence-corrected chi connectivity index (χ1v) is 6.42. The van der Waals surface area contributed by atoms with Gasteiger partial charge in [0.25, 0.3) is 0 Å². The number of methoxy groups -OCH3 is 1. The Morgan fingerprint density at radius 2 is 2.29 bits per heavy atom. The molecular weight excluding hydrogens is 304 g/mol. The van der Waals surface area contributed by atoms with Crippen molar-refractivity contribution in [3.05, 3.63) is 27.3 Å². The molecule has 1 aliphatic rings. The van der Waals surface area contributed by atoms with Crippen LogP contribution in [0.15, 0.2) is 26.8 Å². The Bertz CT molecular complexity index is 500. The van der Waals surface area contributed by atoms with Crippen LogP contribution in [0.25, 0.3) is 0 Å². The molecule has 2 heterocycles. The van der Waals surface area contributed by atoms with Crippen LogP contribution < -0.4 is 4.74 Å². The zero-order chi connectivity index (χ0) is 12.4. The lowest BCUT2D eigenvalue weighted by Crippen LogP contribution is -2.00. The SMILES string of the molecule is COc1ncc2c(c1Br)C(C)C/C=C(\Cl)C=N2. The van der Waals surface area contributed by atoms with Crippen molar-refractivity contribution in [1.82, 2.24) is 4.98 Å². The maximum absolute atomic E-state index is 5.98. The molecule has 0 radical (unpaired) electrons. The Labute approximate surface area is 114 Å². The Kier molecular flexibility index (Phi) is 3.84. The fourth-order valence-electron chi connectivity index (χ4n) is 1.78. The maximum Gasteiger partial charge on any atom is 0.228 e. The van der Waals surface area contributed by atoms with Crippen molar-refractivity contribution < 1.29 is 4.74 Å². The first kappa shape index (κ1) is 12.6. The molecule has 1 unspecified atom stereocenters. The van der Waals surface area contributed by atoms with Crippen molar-refractivity contribution in [2.24, 2.45) is 4.99 Å². The molecule has 0 aliphatic carbocycles. The van der Waals surface area contributed by atoms with E-state index < -0.39 is 0 Å². The molecule has 90 valence electrons. The van der Waals surface area contributed by atoms with Crippen molar-refractivity contribution in [2.45, 2.75) is 19.3 Å². The van der Waals surface area contributed by atoms with Gasteiger partial charge in [0.15, 0.2) is 0 Å².